The summed E-state index contributed by atoms with van der Waals surface area (Å²) in [7, 11) is 0. The average molecular weight is 184 g/mol. The van der Waals surface area contributed by atoms with E-state index in [0.717, 1.165) is 11.4 Å². The summed E-state index contributed by atoms with van der Waals surface area (Å²) in [5.41, 5.74) is 1.54. The van der Waals surface area contributed by atoms with Crippen LogP contribution in [0.5, 0.6) is 0 Å². The van der Waals surface area contributed by atoms with Gasteiger partial charge in [-0.15, -0.1) is 6.42 Å². The van der Waals surface area contributed by atoms with E-state index in [4.69, 9.17) is 6.42 Å². The van der Waals surface area contributed by atoms with Crippen molar-refractivity contribution in [2.75, 3.05) is 0 Å². The molecule has 0 aliphatic rings. The van der Waals surface area contributed by atoms with Gasteiger partial charge in [0.15, 0.2) is 0 Å². The highest BCUT2D eigenvalue weighted by Crippen LogP contribution is 2.11. The normalized spacial score (nSPS) is 9.64. The van der Waals surface area contributed by atoms with Crippen LogP contribution in [0.3, 0.4) is 0 Å². The number of rotatable bonds is 2. The number of aromatic nitrogens is 4. The van der Waals surface area contributed by atoms with Gasteiger partial charge in [-0.1, -0.05) is 5.92 Å². The summed E-state index contributed by atoms with van der Waals surface area (Å²) in [4.78, 5) is 8.10. The molecule has 14 heavy (non-hydrogen) atoms. The molecule has 0 N–H and O–H groups in total. The van der Waals surface area contributed by atoms with Crippen LogP contribution in [0.1, 0.15) is 0 Å². The molecule has 0 radical (unpaired) electrons. The van der Waals surface area contributed by atoms with Gasteiger partial charge in [0, 0.05) is 18.6 Å². The molecule has 0 saturated heterocycles. The van der Waals surface area contributed by atoms with Crippen molar-refractivity contribution < 1.29 is 0 Å². The van der Waals surface area contributed by atoms with Crippen molar-refractivity contribution in [3.8, 4) is 23.7 Å². The van der Waals surface area contributed by atoms with E-state index in [1.54, 1.807) is 23.3 Å². The lowest BCUT2D eigenvalue weighted by Gasteiger charge is -1.93. The van der Waals surface area contributed by atoms with E-state index in [0.29, 0.717) is 6.54 Å². The Morgan fingerprint density at radius 3 is 3.00 bits per heavy atom. The first kappa shape index (κ1) is 8.45. The molecule has 0 spiro atoms. The van der Waals surface area contributed by atoms with Gasteiger partial charge < -0.3 is 0 Å². The van der Waals surface area contributed by atoms with Gasteiger partial charge in [0.1, 0.15) is 17.9 Å². The minimum absolute atomic E-state index is 0.472. The third-order valence-electron chi connectivity index (χ3n) is 1.72. The second kappa shape index (κ2) is 3.71. The van der Waals surface area contributed by atoms with Crippen LogP contribution >= 0.6 is 0 Å². The maximum Gasteiger partial charge on any atom is 0.112 e. The van der Waals surface area contributed by atoms with E-state index >= 15 is 0 Å². The van der Waals surface area contributed by atoms with Crippen LogP contribution < -0.4 is 0 Å². The standard InChI is InChI=1S/C10H8N4/c1-2-6-14-7-3-9(13-14)10-8-11-4-5-12-10/h1,3-5,7-8H,6H2. The Morgan fingerprint density at radius 2 is 2.29 bits per heavy atom. The number of hydrogen-bond acceptors (Lipinski definition) is 3. The largest absolute Gasteiger partial charge is 0.261 e. The van der Waals surface area contributed by atoms with Crippen molar-refractivity contribution in [1.82, 2.24) is 19.7 Å². The predicted molar refractivity (Wildman–Crippen MR) is 52.1 cm³/mol. The van der Waals surface area contributed by atoms with Crippen molar-refractivity contribution in [3.63, 3.8) is 0 Å². The molecule has 4 nitrogen and oxygen atoms in total. The summed E-state index contributed by atoms with van der Waals surface area (Å²) in [5, 5.41) is 4.24. The molecule has 0 bridgehead atoms. The highest BCUT2D eigenvalue weighted by Gasteiger charge is 2.01. The molecule has 0 unspecified atom stereocenters. The van der Waals surface area contributed by atoms with Crippen LogP contribution in [0.15, 0.2) is 30.9 Å². The smallest absolute Gasteiger partial charge is 0.112 e. The molecule has 68 valence electrons. The molecule has 0 fully saturated rings. The maximum atomic E-state index is 5.17. The van der Waals surface area contributed by atoms with Gasteiger partial charge in [0.05, 0.1) is 6.20 Å². The Kier molecular flexibility index (Phi) is 2.24. The summed E-state index contributed by atoms with van der Waals surface area (Å²) in [6, 6.07) is 1.86. The third-order valence-corrected chi connectivity index (χ3v) is 1.72. The minimum atomic E-state index is 0.472. The molecule has 2 aromatic heterocycles. The minimum Gasteiger partial charge on any atom is -0.261 e. The van der Waals surface area contributed by atoms with E-state index in [1.807, 2.05) is 12.3 Å². The summed E-state index contributed by atoms with van der Waals surface area (Å²) >= 11 is 0. The third kappa shape index (κ3) is 1.62. The molecule has 2 rings (SSSR count). The number of nitrogens with zero attached hydrogens (tertiary/aromatic N) is 4. The topological polar surface area (TPSA) is 43.6 Å². The first-order valence-corrected chi connectivity index (χ1v) is 4.13. The molecule has 0 aliphatic heterocycles. The first-order chi connectivity index (χ1) is 6.90. The summed E-state index contributed by atoms with van der Waals surface area (Å²) in [5.74, 6) is 2.51. The Balaban J connectivity index is 2.31. The van der Waals surface area contributed by atoms with Crippen molar-refractivity contribution in [3.05, 3.63) is 30.9 Å². The highest BCUT2D eigenvalue weighted by molar-refractivity contribution is 5.51. The first-order valence-electron chi connectivity index (χ1n) is 4.13. The lowest BCUT2D eigenvalue weighted by atomic mass is 10.3. The van der Waals surface area contributed by atoms with Crippen molar-refractivity contribution in [1.29, 1.82) is 0 Å². The zero-order valence-electron chi connectivity index (χ0n) is 7.46. The fourth-order valence-corrected chi connectivity index (χ4v) is 1.11. The molecule has 0 saturated carbocycles. The van der Waals surface area contributed by atoms with Gasteiger partial charge in [0.2, 0.25) is 0 Å². The maximum absolute atomic E-state index is 5.17. The van der Waals surface area contributed by atoms with Crippen LogP contribution in [-0.4, -0.2) is 19.7 Å². The van der Waals surface area contributed by atoms with Crippen molar-refractivity contribution in [2.45, 2.75) is 6.54 Å². The molecular weight excluding hydrogens is 176 g/mol. The second-order valence-corrected chi connectivity index (χ2v) is 2.69. The predicted octanol–water partition coefficient (Wildman–Crippen LogP) is 0.973. The monoisotopic (exact) mass is 184 g/mol. The van der Waals surface area contributed by atoms with Crippen LogP contribution in [-0.2, 0) is 6.54 Å². The van der Waals surface area contributed by atoms with Crippen molar-refractivity contribution >= 4 is 0 Å². The van der Waals surface area contributed by atoms with E-state index < -0.39 is 0 Å². The Morgan fingerprint density at radius 1 is 1.36 bits per heavy atom. The molecule has 2 heterocycles. The molecule has 4 heteroatoms. The zero-order chi connectivity index (χ0) is 9.80. The van der Waals surface area contributed by atoms with Gasteiger partial charge in [-0.2, -0.15) is 5.10 Å². The van der Waals surface area contributed by atoms with Crippen molar-refractivity contribution in [2.24, 2.45) is 0 Å². The molecule has 0 atom stereocenters. The van der Waals surface area contributed by atoms with E-state index in [1.165, 1.54) is 0 Å². The Labute approximate surface area is 81.6 Å². The van der Waals surface area contributed by atoms with Crippen LogP contribution in [0, 0.1) is 12.3 Å². The molecule has 0 aromatic carbocycles. The van der Waals surface area contributed by atoms with E-state index in [-0.39, 0.29) is 0 Å². The zero-order valence-corrected chi connectivity index (χ0v) is 7.46. The molecule has 0 amide bonds. The van der Waals surface area contributed by atoms with Gasteiger partial charge >= 0.3 is 0 Å². The van der Waals surface area contributed by atoms with E-state index in [9.17, 15) is 0 Å². The fourth-order valence-electron chi connectivity index (χ4n) is 1.11. The molecular formula is C10H8N4. The van der Waals surface area contributed by atoms with Crippen LogP contribution in [0.4, 0.5) is 0 Å². The fraction of sp³-hybridized carbons (Fsp3) is 0.100. The average Bonchev–Trinajstić information content (AvgIpc) is 2.68. The van der Waals surface area contributed by atoms with Crippen LogP contribution in [0.25, 0.3) is 11.4 Å². The Hall–Kier alpha value is -2.15. The van der Waals surface area contributed by atoms with Crippen LogP contribution in [0.2, 0.25) is 0 Å². The second-order valence-electron chi connectivity index (χ2n) is 2.69. The highest BCUT2D eigenvalue weighted by atomic mass is 15.3. The summed E-state index contributed by atoms with van der Waals surface area (Å²) in [6.45, 7) is 0.472. The van der Waals surface area contributed by atoms with E-state index in [2.05, 4.69) is 21.0 Å². The number of hydrogen-bond donors (Lipinski definition) is 0. The quantitative estimate of drug-likeness (QED) is 0.653. The van der Waals surface area contributed by atoms with Gasteiger partial charge in [-0.05, 0) is 6.07 Å². The lowest BCUT2D eigenvalue weighted by Crippen LogP contribution is -1.96. The molecule has 2 aromatic rings. The van der Waals surface area contributed by atoms with Gasteiger partial charge in [-0.3, -0.25) is 14.6 Å². The number of terminal acetylenes is 1. The summed E-state index contributed by atoms with van der Waals surface area (Å²) in [6.07, 6.45) is 11.9. The summed E-state index contributed by atoms with van der Waals surface area (Å²) < 4.78 is 1.68. The molecule has 0 aliphatic carbocycles. The lowest BCUT2D eigenvalue weighted by molar-refractivity contribution is 0.717. The van der Waals surface area contributed by atoms with Gasteiger partial charge in [-0.25, -0.2) is 0 Å². The SMILES string of the molecule is C#CCn1ccc(-c2cnccn2)n1. The van der Waals surface area contributed by atoms with Gasteiger partial charge in [0.25, 0.3) is 0 Å². The Bertz CT molecular complexity index is 452.